The standard InChI is InChI=1S/C30H30N6O4/c37-30-24(15-21-16-26-27(17-25(21)31-30)40-14-13-39-26)28(29-32-33-34-36(29)22-9-4-5-10-22)35(19-23-11-6-12-38-23)18-20-7-2-1-3-8-20/h1-3,6-8,11-12,15-17,22,28H,4-5,9-10,13-14,18-19H2,(H,31,37)/t28-/m1/s1. The Morgan fingerprint density at radius 2 is 1.77 bits per heavy atom. The highest BCUT2D eigenvalue weighted by Gasteiger charge is 2.34. The highest BCUT2D eigenvalue weighted by atomic mass is 16.6. The summed E-state index contributed by atoms with van der Waals surface area (Å²) in [5.74, 6) is 2.74. The molecule has 40 heavy (non-hydrogen) atoms. The van der Waals surface area contributed by atoms with Crippen molar-refractivity contribution in [2.45, 2.75) is 50.9 Å². The van der Waals surface area contributed by atoms with Gasteiger partial charge in [-0.05, 0) is 53.1 Å². The molecule has 1 saturated carbocycles. The second-order valence-corrected chi connectivity index (χ2v) is 10.4. The van der Waals surface area contributed by atoms with Gasteiger partial charge in [-0.3, -0.25) is 9.69 Å². The normalized spacial score (nSPS) is 16.1. The first-order valence-electron chi connectivity index (χ1n) is 13.8. The van der Waals surface area contributed by atoms with E-state index < -0.39 is 6.04 Å². The Balaban J connectivity index is 1.40. The molecule has 1 fully saturated rings. The number of aromatic nitrogens is 5. The SMILES string of the molecule is O=c1[nH]c2cc3c(cc2cc1[C@H](c1nnnn1C1CCCC1)N(Cc1ccccc1)Cc1ccco1)OCCO3. The Kier molecular flexibility index (Phi) is 6.52. The number of nitrogens with one attached hydrogen (secondary N) is 1. The molecule has 10 nitrogen and oxygen atoms in total. The third-order valence-electron chi connectivity index (χ3n) is 7.80. The van der Waals surface area contributed by atoms with Crippen LogP contribution in [0, 0.1) is 0 Å². The van der Waals surface area contributed by atoms with E-state index in [1.54, 1.807) is 6.26 Å². The van der Waals surface area contributed by atoms with Crippen molar-refractivity contribution in [1.29, 1.82) is 0 Å². The second-order valence-electron chi connectivity index (χ2n) is 10.4. The number of tetrazole rings is 1. The summed E-state index contributed by atoms with van der Waals surface area (Å²) in [6.45, 7) is 1.99. The van der Waals surface area contributed by atoms with Gasteiger partial charge < -0.3 is 18.9 Å². The lowest BCUT2D eigenvalue weighted by atomic mass is 10.0. The number of nitrogens with zero attached hydrogens (tertiary/aromatic N) is 5. The largest absolute Gasteiger partial charge is 0.486 e. The van der Waals surface area contributed by atoms with Crippen molar-refractivity contribution in [1.82, 2.24) is 30.1 Å². The quantitative estimate of drug-likeness (QED) is 0.300. The van der Waals surface area contributed by atoms with E-state index in [-0.39, 0.29) is 11.6 Å². The lowest BCUT2D eigenvalue weighted by molar-refractivity contribution is 0.172. The molecule has 3 aromatic heterocycles. The molecule has 0 amide bonds. The minimum Gasteiger partial charge on any atom is -0.486 e. The molecule has 4 heterocycles. The van der Waals surface area contributed by atoms with E-state index in [1.165, 1.54) is 0 Å². The van der Waals surface area contributed by atoms with Crippen molar-refractivity contribution in [3.05, 3.63) is 100.0 Å². The lowest BCUT2D eigenvalue weighted by Gasteiger charge is -2.31. The van der Waals surface area contributed by atoms with Crippen molar-refractivity contribution in [2.75, 3.05) is 13.2 Å². The molecule has 1 aliphatic heterocycles. The van der Waals surface area contributed by atoms with Crippen LogP contribution in [0.4, 0.5) is 0 Å². The van der Waals surface area contributed by atoms with Gasteiger partial charge in [0.2, 0.25) is 0 Å². The fourth-order valence-electron chi connectivity index (χ4n) is 5.91. The van der Waals surface area contributed by atoms with Crippen LogP contribution in [0.5, 0.6) is 11.5 Å². The molecule has 1 aliphatic carbocycles. The van der Waals surface area contributed by atoms with Gasteiger partial charge in [-0.25, -0.2) is 4.68 Å². The molecular weight excluding hydrogens is 508 g/mol. The minimum atomic E-state index is -0.540. The van der Waals surface area contributed by atoms with Crippen LogP contribution in [0.1, 0.15) is 60.5 Å². The Morgan fingerprint density at radius 1 is 0.975 bits per heavy atom. The number of hydrogen-bond donors (Lipinski definition) is 1. The average Bonchev–Trinajstić information content (AvgIpc) is 3.76. The summed E-state index contributed by atoms with van der Waals surface area (Å²) in [5, 5.41) is 14.0. The fraction of sp³-hybridized carbons (Fsp3) is 0.333. The van der Waals surface area contributed by atoms with Crippen LogP contribution in [0.15, 0.2) is 76.1 Å². The van der Waals surface area contributed by atoms with E-state index >= 15 is 0 Å². The molecule has 0 saturated heterocycles. The van der Waals surface area contributed by atoms with Crippen LogP contribution >= 0.6 is 0 Å². The number of pyridine rings is 1. The molecule has 1 N–H and O–H groups in total. The van der Waals surface area contributed by atoms with Crippen molar-refractivity contribution >= 4 is 10.9 Å². The molecular formula is C30H30N6O4. The lowest BCUT2D eigenvalue weighted by Crippen LogP contribution is -2.35. The van der Waals surface area contributed by atoms with Gasteiger partial charge in [0.1, 0.15) is 25.0 Å². The topological polar surface area (TPSA) is 111 Å². The number of H-pyrrole nitrogens is 1. The van der Waals surface area contributed by atoms with Gasteiger partial charge in [0.25, 0.3) is 5.56 Å². The van der Waals surface area contributed by atoms with Gasteiger partial charge in [0, 0.05) is 23.6 Å². The third-order valence-corrected chi connectivity index (χ3v) is 7.80. The van der Waals surface area contributed by atoms with Gasteiger partial charge in [-0.2, -0.15) is 0 Å². The Bertz CT molecular complexity index is 1660. The van der Waals surface area contributed by atoms with Gasteiger partial charge in [-0.15, -0.1) is 5.10 Å². The number of benzene rings is 2. The summed E-state index contributed by atoms with van der Waals surface area (Å²) >= 11 is 0. The van der Waals surface area contributed by atoms with Crippen molar-refractivity contribution < 1.29 is 13.9 Å². The number of aromatic amines is 1. The molecule has 0 bridgehead atoms. The van der Waals surface area contributed by atoms with E-state index in [4.69, 9.17) is 13.9 Å². The van der Waals surface area contributed by atoms with Crippen LogP contribution in [0.25, 0.3) is 10.9 Å². The van der Waals surface area contributed by atoms with Crippen molar-refractivity contribution in [3.63, 3.8) is 0 Å². The zero-order valence-electron chi connectivity index (χ0n) is 22.0. The molecule has 1 atom stereocenters. The average molecular weight is 539 g/mol. The van der Waals surface area contributed by atoms with Crippen LogP contribution in [-0.4, -0.2) is 43.3 Å². The maximum absolute atomic E-state index is 13.9. The van der Waals surface area contributed by atoms with E-state index in [2.05, 4.69) is 37.5 Å². The number of furan rings is 1. The zero-order chi connectivity index (χ0) is 26.9. The van der Waals surface area contributed by atoms with E-state index in [0.717, 1.165) is 42.4 Å². The zero-order valence-corrected chi connectivity index (χ0v) is 22.0. The molecule has 7 rings (SSSR count). The number of ether oxygens (including phenoxy) is 2. The molecule has 2 aliphatic rings. The smallest absolute Gasteiger partial charge is 0.253 e. The van der Waals surface area contributed by atoms with E-state index in [9.17, 15) is 4.79 Å². The minimum absolute atomic E-state index is 0.201. The summed E-state index contributed by atoms with van der Waals surface area (Å²) < 4.78 is 19.3. The van der Waals surface area contributed by atoms with Crippen LogP contribution in [-0.2, 0) is 13.1 Å². The first kappa shape index (κ1) is 24.6. The van der Waals surface area contributed by atoms with E-state index in [1.807, 2.05) is 53.2 Å². The second kappa shape index (κ2) is 10.6. The summed E-state index contributed by atoms with van der Waals surface area (Å²) in [6, 6.07) is 19.4. The third kappa shape index (κ3) is 4.75. The highest BCUT2D eigenvalue weighted by molar-refractivity contribution is 5.83. The number of hydrogen-bond acceptors (Lipinski definition) is 8. The molecule has 0 unspecified atom stereocenters. The summed E-state index contributed by atoms with van der Waals surface area (Å²) in [4.78, 5) is 19.2. The monoisotopic (exact) mass is 538 g/mol. The van der Waals surface area contributed by atoms with E-state index in [0.29, 0.717) is 54.7 Å². The summed E-state index contributed by atoms with van der Waals surface area (Å²) in [7, 11) is 0. The highest BCUT2D eigenvalue weighted by Crippen LogP contribution is 2.37. The maximum Gasteiger partial charge on any atom is 0.253 e. The molecule has 0 spiro atoms. The number of rotatable bonds is 8. The van der Waals surface area contributed by atoms with Gasteiger partial charge in [-0.1, -0.05) is 43.2 Å². The molecule has 2 aromatic carbocycles. The van der Waals surface area contributed by atoms with Crippen LogP contribution in [0.2, 0.25) is 0 Å². The van der Waals surface area contributed by atoms with Gasteiger partial charge >= 0.3 is 0 Å². The van der Waals surface area contributed by atoms with Crippen molar-refractivity contribution in [3.8, 4) is 11.5 Å². The maximum atomic E-state index is 13.9. The first-order chi connectivity index (χ1) is 19.7. The number of fused-ring (bicyclic) bond motifs is 2. The van der Waals surface area contributed by atoms with Crippen LogP contribution < -0.4 is 15.0 Å². The molecule has 10 heteroatoms. The fourth-order valence-corrected chi connectivity index (χ4v) is 5.91. The van der Waals surface area contributed by atoms with Gasteiger partial charge in [0.15, 0.2) is 17.3 Å². The summed E-state index contributed by atoms with van der Waals surface area (Å²) in [5.41, 5.74) is 2.15. The van der Waals surface area contributed by atoms with Crippen molar-refractivity contribution in [2.24, 2.45) is 0 Å². The predicted molar refractivity (Wildman–Crippen MR) is 147 cm³/mol. The van der Waals surface area contributed by atoms with Gasteiger partial charge in [0.05, 0.1) is 24.4 Å². The van der Waals surface area contributed by atoms with Crippen LogP contribution in [0.3, 0.4) is 0 Å². The molecule has 5 aromatic rings. The molecule has 0 radical (unpaired) electrons. The Labute approximate surface area is 230 Å². The first-order valence-corrected chi connectivity index (χ1v) is 13.8. The Morgan fingerprint density at radius 3 is 2.55 bits per heavy atom. The Hall–Kier alpha value is -4.44. The predicted octanol–water partition coefficient (Wildman–Crippen LogP) is 4.79. The summed E-state index contributed by atoms with van der Waals surface area (Å²) in [6.07, 6.45) is 5.97. The molecule has 204 valence electrons.